The fourth-order valence-electron chi connectivity index (χ4n) is 1.51. The second-order valence-electron chi connectivity index (χ2n) is 3.59. The minimum atomic E-state index is -0.154. The van der Waals surface area contributed by atoms with Gasteiger partial charge in [0.1, 0.15) is 0 Å². The molecule has 0 bridgehead atoms. The monoisotopic (exact) mass is 257 g/mol. The molecule has 4 heteroatoms. The number of thiol groups is 1. The van der Waals surface area contributed by atoms with Crippen molar-refractivity contribution in [3.8, 4) is 0 Å². The van der Waals surface area contributed by atoms with Gasteiger partial charge in [-0.3, -0.25) is 4.79 Å². The van der Waals surface area contributed by atoms with E-state index in [9.17, 15) is 4.79 Å². The summed E-state index contributed by atoms with van der Waals surface area (Å²) in [5, 5.41) is 0.600. The maximum absolute atomic E-state index is 11.0. The lowest BCUT2D eigenvalue weighted by atomic mass is 10.1. The van der Waals surface area contributed by atoms with E-state index in [4.69, 9.17) is 11.6 Å². The summed E-state index contributed by atoms with van der Waals surface area (Å²) in [6.45, 7) is 3.42. The molecule has 0 atom stereocenters. The Hall–Kier alpha value is -0.670. The number of hydrogen-bond donors (Lipinski definition) is 1. The zero-order valence-corrected chi connectivity index (χ0v) is 11.0. The molecule has 1 amide bonds. The van der Waals surface area contributed by atoms with Crippen LogP contribution in [0.5, 0.6) is 0 Å². The van der Waals surface area contributed by atoms with Crippen LogP contribution in [0.2, 0.25) is 5.02 Å². The first-order valence-corrected chi connectivity index (χ1v) is 6.18. The third-order valence-electron chi connectivity index (χ3n) is 2.46. The number of aryl methyl sites for hydroxylation is 1. The van der Waals surface area contributed by atoms with Crippen LogP contribution in [-0.2, 0) is 6.42 Å². The normalized spacial score (nSPS) is 10.2. The Morgan fingerprint density at radius 2 is 2.00 bits per heavy atom. The summed E-state index contributed by atoms with van der Waals surface area (Å²) < 4.78 is 0. The quantitative estimate of drug-likeness (QED) is 0.799. The maximum atomic E-state index is 11.0. The average Bonchev–Trinajstić information content (AvgIpc) is 2.26. The van der Waals surface area contributed by atoms with Gasteiger partial charge >= 0.3 is 0 Å². The van der Waals surface area contributed by atoms with Gasteiger partial charge in [-0.2, -0.15) is 0 Å². The van der Waals surface area contributed by atoms with Crippen molar-refractivity contribution >= 4 is 29.5 Å². The molecule has 0 aliphatic carbocycles. The van der Waals surface area contributed by atoms with Crippen molar-refractivity contribution in [2.75, 3.05) is 13.1 Å². The van der Waals surface area contributed by atoms with Gasteiger partial charge in [0, 0.05) is 18.1 Å². The summed E-state index contributed by atoms with van der Waals surface area (Å²) in [4.78, 5) is 12.8. The van der Waals surface area contributed by atoms with E-state index in [-0.39, 0.29) is 5.24 Å². The number of rotatable bonds is 5. The molecule has 0 saturated heterocycles. The van der Waals surface area contributed by atoms with Gasteiger partial charge in [-0.15, -0.1) is 0 Å². The predicted octanol–water partition coefficient (Wildman–Crippen LogP) is 3.64. The van der Waals surface area contributed by atoms with E-state index in [0.29, 0.717) is 6.54 Å². The van der Waals surface area contributed by atoms with Crippen LogP contribution < -0.4 is 0 Å². The first kappa shape index (κ1) is 13.4. The summed E-state index contributed by atoms with van der Waals surface area (Å²) in [5.74, 6) is 0. The Bertz CT molecular complexity index is 339. The standard InChI is InChI=1S/C12H16ClNOS/c1-2-14(12(15)16)9-3-4-10-5-7-11(13)8-6-10/h5-8H,2-4,9H2,1H3,(H,15,16). The molecular formula is C12H16ClNOS. The SMILES string of the molecule is CCN(CCCc1ccc(Cl)cc1)C(=O)S. The molecular weight excluding hydrogens is 242 g/mol. The van der Waals surface area contributed by atoms with Crippen LogP contribution in [-0.4, -0.2) is 23.2 Å². The number of amides is 1. The van der Waals surface area contributed by atoms with Crippen LogP contribution in [0.1, 0.15) is 18.9 Å². The van der Waals surface area contributed by atoms with Gasteiger partial charge in [-0.05, 0) is 37.5 Å². The molecule has 1 aromatic rings. The highest BCUT2D eigenvalue weighted by atomic mass is 35.5. The molecule has 16 heavy (non-hydrogen) atoms. The first-order valence-electron chi connectivity index (χ1n) is 5.35. The maximum Gasteiger partial charge on any atom is 0.278 e. The second-order valence-corrected chi connectivity index (χ2v) is 4.41. The Morgan fingerprint density at radius 3 is 2.50 bits per heavy atom. The van der Waals surface area contributed by atoms with Crippen molar-refractivity contribution in [3.05, 3.63) is 34.9 Å². The predicted molar refractivity (Wildman–Crippen MR) is 71.4 cm³/mol. The zero-order valence-electron chi connectivity index (χ0n) is 9.32. The van der Waals surface area contributed by atoms with Crippen LogP contribution >= 0.6 is 24.2 Å². The van der Waals surface area contributed by atoms with Gasteiger partial charge in [-0.1, -0.05) is 36.4 Å². The number of carbonyl (C=O) groups excluding carboxylic acids is 1. The van der Waals surface area contributed by atoms with Crippen molar-refractivity contribution < 1.29 is 4.79 Å². The zero-order chi connectivity index (χ0) is 12.0. The molecule has 0 N–H and O–H groups in total. The number of carbonyl (C=O) groups is 1. The highest BCUT2D eigenvalue weighted by molar-refractivity contribution is 7.96. The van der Waals surface area contributed by atoms with Gasteiger partial charge < -0.3 is 4.90 Å². The van der Waals surface area contributed by atoms with E-state index in [1.807, 2.05) is 31.2 Å². The number of benzene rings is 1. The van der Waals surface area contributed by atoms with E-state index in [0.717, 1.165) is 24.4 Å². The number of halogens is 1. The topological polar surface area (TPSA) is 20.3 Å². The van der Waals surface area contributed by atoms with Crippen LogP contribution in [0.4, 0.5) is 4.79 Å². The van der Waals surface area contributed by atoms with E-state index in [2.05, 4.69) is 12.6 Å². The summed E-state index contributed by atoms with van der Waals surface area (Å²) in [5.41, 5.74) is 1.24. The van der Waals surface area contributed by atoms with E-state index >= 15 is 0 Å². The Kier molecular flexibility index (Phi) is 5.71. The number of nitrogens with zero attached hydrogens (tertiary/aromatic N) is 1. The van der Waals surface area contributed by atoms with Gasteiger partial charge in [0.05, 0.1) is 0 Å². The van der Waals surface area contributed by atoms with Crippen molar-refractivity contribution in [2.24, 2.45) is 0 Å². The van der Waals surface area contributed by atoms with Crippen molar-refractivity contribution in [1.82, 2.24) is 4.90 Å². The van der Waals surface area contributed by atoms with Gasteiger partial charge in [0.15, 0.2) is 0 Å². The molecule has 0 spiro atoms. The van der Waals surface area contributed by atoms with E-state index in [1.165, 1.54) is 5.56 Å². The molecule has 0 aliphatic heterocycles. The summed E-state index contributed by atoms with van der Waals surface area (Å²) in [6.07, 6.45) is 1.90. The molecule has 1 rings (SSSR count). The average molecular weight is 258 g/mol. The van der Waals surface area contributed by atoms with Crippen LogP contribution in [0.25, 0.3) is 0 Å². The highest BCUT2D eigenvalue weighted by Gasteiger charge is 2.05. The van der Waals surface area contributed by atoms with Crippen LogP contribution in [0.15, 0.2) is 24.3 Å². The minimum Gasteiger partial charge on any atom is -0.334 e. The largest absolute Gasteiger partial charge is 0.334 e. The van der Waals surface area contributed by atoms with Crippen molar-refractivity contribution in [3.63, 3.8) is 0 Å². The van der Waals surface area contributed by atoms with Crippen molar-refractivity contribution in [2.45, 2.75) is 19.8 Å². The van der Waals surface area contributed by atoms with E-state index < -0.39 is 0 Å². The summed E-state index contributed by atoms with van der Waals surface area (Å²) in [7, 11) is 0. The summed E-state index contributed by atoms with van der Waals surface area (Å²) >= 11 is 9.61. The lowest BCUT2D eigenvalue weighted by molar-refractivity contribution is 0.225. The lowest BCUT2D eigenvalue weighted by Gasteiger charge is -2.17. The Morgan fingerprint density at radius 1 is 1.38 bits per heavy atom. The fraction of sp³-hybridized carbons (Fsp3) is 0.417. The van der Waals surface area contributed by atoms with Gasteiger partial charge in [-0.25, -0.2) is 0 Å². The molecule has 0 radical (unpaired) electrons. The molecule has 1 aromatic carbocycles. The smallest absolute Gasteiger partial charge is 0.278 e. The minimum absolute atomic E-state index is 0.154. The number of hydrogen-bond acceptors (Lipinski definition) is 1. The molecule has 88 valence electrons. The van der Waals surface area contributed by atoms with Crippen molar-refractivity contribution in [1.29, 1.82) is 0 Å². The third-order valence-corrected chi connectivity index (χ3v) is 2.99. The van der Waals surface area contributed by atoms with Gasteiger partial charge in [0.2, 0.25) is 0 Å². The van der Waals surface area contributed by atoms with Crippen LogP contribution in [0, 0.1) is 0 Å². The summed E-state index contributed by atoms with van der Waals surface area (Å²) in [6, 6.07) is 7.80. The highest BCUT2D eigenvalue weighted by Crippen LogP contribution is 2.11. The lowest BCUT2D eigenvalue weighted by Crippen LogP contribution is -2.27. The second kappa shape index (κ2) is 6.81. The molecule has 0 fully saturated rings. The first-order chi connectivity index (χ1) is 7.63. The van der Waals surface area contributed by atoms with Crippen LogP contribution in [0.3, 0.4) is 0 Å². The molecule has 2 nitrogen and oxygen atoms in total. The Balaban J connectivity index is 2.35. The molecule has 0 saturated carbocycles. The molecule has 0 aromatic heterocycles. The fourth-order valence-corrected chi connectivity index (χ4v) is 1.88. The van der Waals surface area contributed by atoms with E-state index in [1.54, 1.807) is 4.90 Å². The molecule has 0 unspecified atom stereocenters. The Labute approximate surface area is 107 Å². The molecule has 0 heterocycles. The van der Waals surface area contributed by atoms with Gasteiger partial charge in [0.25, 0.3) is 5.24 Å². The third kappa shape index (κ3) is 4.45. The molecule has 0 aliphatic rings.